The second-order valence-electron chi connectivity index (χ2n) is 5.33. The standard InChI is InChI=1S/C19H14ClFN2O3S/c1-12-8-14(27-11-22)4-6-17(12)23-18(24)10-26-19(25)7-3-13-2-5-16(21)15(20)9-13/h2-9H,10H2,1H3,(H,23,24)/b7-3+. The third-order valence-electron chi connectivity index (χ3n) is 3.34. The van der Waals surface area contributed by atoms with E-state index in [4.69, 9.17) is 21.6 Å². The zero-order valence-electron chi connectivity index (χ0n) is 14.2. The summed E-state index contributed by atoms with van der Waals surface area (Å²) in [6.45, 7) is 1.33. The van der Waals surface area contributed by atoms with E-state index in [0.717, 1.165) is 28.3 Å². The lowest BCUT2D eigenvalue weighted by Gasteiger charge is -2.09. The molecule has 2 rings (SSSR count). The third kappa shape index (κ3) is 6.44. The number of nitrogens with zero attached hydrogens (tertiary/aromatic N) is 1. The van der Waals surface area contributed by atoms with Gasteiger partial charge in [-0.05, 0) is 66.2 Å². The number of thiocyanates is 1. The van der Waals surface area contributed by atoms with E-state index in [9.17, 15) is 14.0 Å². The summed E-state index contributed by atoms with van der Waals surface area (Å²) in [5.41, 5.74) is 1.87. The molecular formula is C19H14ClFN2O3S. The van der Waals surface area contributed by atoms with Crippen molar-refractivity contribution in [2.45, 2.75) is 11.8 Å². The van der Waals surface area contributed by atoms with Crippen molar-refractivity contribution < 1.29 is 18.7 Å². The fourth-order valence-electron chi connectivity index (χ4n) is 2.04. The van der Waals surface area contributed by atoms with E-state index < -0.39 is 24.3 Å². The van der Waals surface area contributed by atoms with Gasteiger partial charge in [0.15, 0.2) is 6.61 Å². The van der Waals surface area contributed by atoms with Gasteiger partial charge in [-0.25, -0.2) is 9.18 Å². The number of carbonyl (C=O) groups excluding carboxylic acids is 2. The number of thioether (sulfide) groups is 1. The second-order valence-corrected chi connectivity index (χ2v) is 6.60. The highest BCUT2D eigenvalue weighted by atomic mass is 35.5. The maximum Gasteiger partial charge on any atom is 0.331 e. The maximum absolute atomic E-state index is 13.1. The Labute approximate surface area is 164 Å². The number of carbonyl (C=O) groups is 2. The highest BCUT2D eigenvalue weighted by Gasteiger charge is 2.08. The minimum atomic E-state index is -0.719. The van der Waals surface area contributed by atoms with Crippen molar-refractivity contribution in [3.05, 3.63) is 64.4 Å². The van der Waals surface area contributed by atoms with E-state index in [2.05, 4.69) is 5.32 Å². The van der Waals surface area contributed by atoms with Crippen LogP contribution in [0.5, 0.6) is 0 Å². The Bertz CT molecular complexity index is 941. The van der Waals surface area contributed by atoms with Gasteiger partial charge in [-0.15, -0.1) is 0 Å². The number of hydrogen-bond donors (Lipinski definition) is 1. The number of hydrogen-bond acceptors (Lipinski definition) is 5. The summed E-state index contributed by atoms with van der Waals surface area (Å²) in [6, 6.07) is 9.15. The summed E-state index contributed by atoms with van der Waals surface area (Å²) in [5.74, 6) is -1.77. The van der Waals surface area contributed by atoms with E-state index in [1.807, 2.05) is 5.40 Å². The summed E-state index contributed by atoms with van der Waals surface area (Å²) in [7, 11) is 0. The van der Waals surface area contributed by atoms with Crippen LogP contribution in [-0.4, -0.2) is 18.5 Å². The Morgan fingerprint density at radius 3 is 2.78 bits per heavy atom. The quantitative estimate of drug-likeness (QED) is 0.330. The van der Waals surface area contributed by atoms with Gasteiger partial charge in [0, 0.05) is 16.7 Å². The fraction of sp³-hybridized carbons (Fsp3) is 0.105. The first kappa shape index (κ1) is 20.5. The molecule has 0 fully saturated rings. The molecule has 0 spiro atoms. The van der Waals surface area contributed by atoms with Crippen molar-refractivity contribution in [3.63, 3.8) is 0 Å². The van der Waals surface area contributed by atoms with E-state index in [-0.39, 0.29) is 5.02 Å². The number of anilines is 1. The number of nitrogens with one attached hydrogen (secondary N) is 1. The van der Waals surface area contributed by atoms with E-state index in [1.54, 1.807) is 25.1 Å². The smallest absolute Gasteiger partial charge is 0.331 e. The molecule has 138 valence electrons. The molecule has 0 aliphatic heterocycles. The molecule has 0 radical (unpaired) electrons. The summed E-state index contributed by atoms with van der Waals surface area (Å²) in [4.78, 5) is 24.4. The molecule has 0 heterocycles. The molecule has 0 bridgehead atoms. The van der Waals surface area contributed by atoms with Crippen molar-refractivity contribution in [2.24, 2.45) is 0 Å². The van der Waals surface area contributed by atoms with Gasteiger partial charge in [0.05, 0.1) is 5.02 Å². The van der Waals surface area contributed by atoms with Gasteiger partial charge in [0.1, 0.15) is 11.2 Å². The Kier molecular flexibility index (Phi) is 7.41. The number of amides is 1. The summed E-state index contributed by atoms with van der Waals surface area (Å²) < 4.78 is 17.9. The first-order valence-corrected chi connectivity index (χ1v) is 8.85. The monoisotopic (exact) mass is 404 g/mol. The van der Waals surface area contributed by atoms with Crippen LogP contribution in [0.2, 0.25) is 5.02 Å². The number of ether oxygens (including phenoxy) is 1. The number of benzene rings is 2. The number of halogens is 2. The first-order valence-electron chi connectivity index (χ1n) is 7.65. The molecule has 0 saturated heterocycles. The van der Waals surface area contributed by atoms with Crippen LogP contribution >= 0.6 is 23.4 Å². The number of esters is 1. The zero-order chi connectivity index (χ0) is 19.8. The summed E-state index contributed by atoms with van der Waals surface area (Å²) >= 11 is 6.68. The van der Waals surface area contributed by atoms with Crippen molar-refractivity contribution in [1.29, 1.82) is 5.26 Å². The Morgan fingerprint density at radius 1 is 1.33 bits per heavy atom. The van der Waals surface area contributed by atoms with Crippen LogP contribution in [-0.2, 0) is 14.3 Å². The Hall–Kier alpha value is -2.82. The predicted octanol–water partition coefficient (Wildman–Crippen LogP) is 4.56. The largest absolute Gasteiger partial charge is 0.452 e. The average Bonchev–Trinajstić information content (AvgIpc) is 2.63. The molecule has 0 unspecified atom stereocenters. The molecule has 0 aliphatic carbocycles. The number of nitriles is 1. The molecule has 2 aromatic rings. The Morgan fingerprint density at radius 2 is 2.11 bits per heavy atom. The van der Waals surface area contributed by atoms with Gasteiger partial charge < -0.3 is 10.1 Å². The topological polar surface area (TPSA) is 79.2 Å². The number of aryl methyl sites for hydroxylation is 1. The van der Waals surface area contributed by atoms with Gasteiger partial charge in [-0.1, -0.05) is 17.7 Å². The summed E-state index contributed by atoms with van der Waals surface area (Å²) in [6.07, 6.45) is 2.53. The van der Waals surface area contributed by atoms with Crippen molar-refractivity contribution in [2.75, 3.05) is 11.9 Å². The lowest BCUT2D eigenvalue weighted by molar-refractivity contribution is -0.142. The van der Waals surface area contributed by atoms with Crippen molar-refractivity contribution in [3.8, 4) is 5.40 Å². The number of rotatable bonds is 6. The molecule has 1 N–H and O–H groups in total. The van der Waals surface area contributed by atoms with E-state index >= 15 is 0 Å². The van der Waals surface area contributed by atoms with Gasteiger partial charge in [-0.2, -0.15) is 5.26 Å². The molecular weight excluding hydrogens is 391 g/mol. The fourth-order valence-corrected chi connectivity index (χ4v) is 2.71. The Balaban J connectivity index is 1.86. The predicted molar refractivity (Wildman–Crippen MR) is 103 cm³/mol. The molecule has 0 atom stereocenters. The van der Waals surface area contributed by atoms with Crippen LogP contribution < -0.4 is 5.32 Å². The SMILES string of the molecule is Cc1cc(SC#N)ccc1NC(=O)COC(=O)/C=C/c1ccc(F)c(Cl)c1. The van der Waals surface area contributed by atoms with Gasteiger partial charge >= 0.3 is 5.97 Å². The molecule has 0 saturated carbocycles. The molecule has 2 aromatic carbocycles. The highest BCUT2D eigenvalue weighted by Crippen LogP contribution is 2.23. The van der Waals surface area contributed by atoms with Gasteiger partial charge in [-0.3, -0.25) is 4.79 Å². The van der Waals surface area contributed by atoms with E-state index in [0.29, 0.717) is 11.3 Å². The molecule has 1 amide bonds. The van der Waals surface area contributed by atoms with Crippen LogP contribution in [0.25, 0.3) is 6.08 Å². The first-order chi connectivity index (χ1) is 12.9. The average molecular weight is 405 g/mol. The van der Waals surface area contributed by atoms with Crippen molar-refractivity contribution >= 4 is 47.0 Å². The molecule has 5 nitrogen and oxygen atoms in total. The maximum atomic E-state index is 13.1. The lowest BCUT2D eigenvalue weighted by atomic mass is 10.2. The molecule has 27 heavy (non-hydrogen) atoms. The van der Waals surface area contributed by atoms with Crippen LogP contribution in [0, 0.1) is 23.4 Å². The zero-order valence-corrected chi connectivity index (χ0v) is 15.7. The second kappa shape index (κ2) is 9.76. The van der Waals surface area contributed by atoms with E-state index in [1.165, 1.54) is 24.3 Å². The van der Waals surface area contributed by atoms with Crippen LogP contribution in [0.3, 0.4) is 0 Å². The van der Waals surface area contributed by atoms with Crippen molar-refractivity contribution in [1.82, 2.24) is 0 Å². The minimum absolute atomic E-state index is 0.0561. The summed E-state index contributed by atoms with van der Waals surface area (Å²) in [5, 5.41) is 13.2. The van der Waals surface area contributed by atoms with Crippen LogP contribution in [0.4, 0.5) is 10.1 Å². The highest BCUT2D eigenvalue weighted by molar-refractivity contribution is 8.03. The van der Waals surface area contributed by atoms with Gasteiger partial charge in [0.2, 0.25) is 0 Å². The van der Waals surface area contributed by atoms with Gasteiger partial charge in [0.25, 0.3) is 5.91 Å². The normalized spacial score (nSPS) is 10.4. The van der Waals surface area contributed by atoms with Crippen LogP contribution in [0.1, 0.15) is 11.1 Å². The minimum Gasteiger partial charge on any atom is -0.452 e. The lowest BCUT2D eigenvalue weighted by Crippen LogP contribution is -2.20. The third-order valence-corrected chi connectivity index (χ3v) is 4.21. The van der Waals surface area contributed by atoms with Crippen LogP contribution in [0.15, 0.2) is 47.4 Å². The molecule has 8 heteroatoms. The molecule has 0 aliphatic rings. The molecule has 0 aromatic heterocycles.